The molecule has 0 radical (unpaired) electrons. The second kappa shape index (κ2) is 5.14. The van der Waals surface area contributed by atoms with E-state index in [-0.39, 0.29) is 0 Å². The molecule has 90 valence electrons. The summed E-state index contributed by atoms with van der Waals surface area (Å²) in [5, 5.41) is 7.06. The first kappa shape index (κ1) is 11.9. The number of aromatic amines is 1. The van der Waals surface area contributed by atoms with Crippen LogP contribution in [-0.2, 0) is 13.0 Å². The largest absolute Gasteiger partial charge is 0.497 e. The Kier molecular flexibility index (Phi) is 3.58. The van der Waals surface area contributed by atoms with Crippen LogP contribution in [0, 0.1) is 4.77 Å². The van der Waals surface area contributed by atoms with Crippen molar-refractivity contribution in [2.75, 3.05) is 7.11 Å². The molecule has 0 fully saturated rings. The zero-order valence-electron chi connectivity index (χ0n) is 9.93. The van der Waals surface area contributed by atoms with Gasteiger partial charge >= 0.3 is 0 Å². The molecule has 2 aromatic rings. The molecule has 0 aliphatic carbocycles. The molecule has 5 heteroatoms. The first-order chi connectivity index (χ1) is 8.24. The van der Waals surface area contributed by atoms with Gasteiger partial charge in [0.15, 0.2) is 4.77 Å². The molecule has 17 heavy (non-hydrogen) atoms. The number of H-pyrrole nitrogens is 1. The Bertz CT molecular complexity index is 542. The Morgan fingerprint density at radius 1 is 1.35 bits per heavy atom. The maximum absolute atomic E-state index is 5.15. The number of aromatic nitrogens is 3. The van der Waals surface area contributed by atoms with Gasteiger partial charge in [-0.25, -0.2) is 0 Å². The van der Waals surface area contributed by atoms with E-state index in [2.05, 4.69) is 17.1 Å². The standard InChI is InChI=1S/C12H15N3OS/c1-3-15-11(13-14-12(15)17)8-9-4-6-10(16-2)7-5-9/h4-7H,3,8H2,1-2H3,(H,14,17). The molecule has 1 N–H and O–H groups in total. The minimum atomic E-state index is 0.677. The van der Waals surface area contributed by atoms with Crippen LogP contribution in [-0.4, -0.2) is 21.9 Å². The average Bonchev–Trinajstić information content (AvgIpc) is 2.71. The highest BCUT2D eigenvalue weighted by atomic mass is 32.1. The SMILES string of the molecule is CCn1c(Cc2ccc(OC)cc2)n[nH]c1=S. The van der Waals surface area contributed by atoms with Gasteiger partial charge in [-0.05, 0) is 36.8 Å². The first-order valence-electron chi connectivity index (χ1n) is 5.51. The van der Waals surface area contributed by atoms with Crippen molar-refractivity contribution in [1.82, 2.24) is 14.8 Å². The molecule has 1 aromatic carbocycles. The molecule has 0 aliphatic heterocycles. The molecule has 1 heterocycles. The normalized spacial score (nSPS) is 10.5. The molecular formula is C12H15N3OS. The van der Waals surface area contributed by atoms with Gasteiger partial charge in [0.1, 0.15) is 11.6 Å². The van der Waals surface area contributed by atoms with Crippen molar-refractivity contribution < 1.29 is 4.74 Å². The Hall–Kier alpha value is -1.62. The summed E-state index contributed by atoms with van der Waals surface area (Å²) in [4.78, 5) is 0. The zero-order valence-corrected chi connectivity index (χ0v) is 10.8. The van der Waals surface area contributed by atoms with Gasteiger partial charge in [0.25, 0.3) is 0 Å². The highest BCUT2D eigenvalue weighted by Crippen LogP contribution is 2.14. The molecule has 1 aromatic heterocycles. The van der Waals surface area contributed by atoms with Crippen LogP contribution < -0.4 is 4.74 Å². The van der Waals surface area contributed by atoms with Crippen LogP contribution in [0.25, 0.3) is 0 Å². The summed E-state index contributed by atoms with van der Waals surface area (Å²) < 4.78 is 7.80. The molecule has 0 atom stereocenters. The molecule has 0 spiro atoms. The Morgan fingerprint density at radius 3 is 2.65 bits per heavy atom. The number of nitrogens with one attached hydrogen (secondary N) is 1. The third-order valence-corrected chi connectivity index (χ3v) is 2.99. The third kappa shape index (κ3) is 2.55. The van der Waals surface area contributed by atoms with Gasteiger partial charge in [0.2, 0.25) is 0 Å². The van der Waals surface area contributed by atoms with Crippen LogP contribution in [0.5, 0.6) is 5.75 Å². The summed E-state index contributed by atoms with van der Waals surface area (Å²) in [6.45, 7) is 2.89. The smallest absolute Gasteiger partial charge is 0.195 e. The summed E-state index contributed by atoms with van der Waals surface area (Å²) >= 11 is 5.15. The van der Waals surface area contributed by atoms with E-state index in [9.17, 15) is 0 Å². The van der Waals surface area contributed by atoms with Gasteiger partial charge in [0.05, 0.1) is 7.11 Å². The lowest BCUT2D eigenvalue weighted by molar-refractivity contribution is 0.414. The van der Waals surface area contributed by atoms with Crippen molar-refractivity contribution in [3.63, 3.8) is 0 Å². The van der Waals surface area contributed by atoms with Gasteiger partial charge in [-0.15, -0.1) is 0 Å². The topological polar surface area (TPSA) is 42.8 Å². The lowest BCUT2D eigenvalue weighted by Crippen LogP contribution is -2.02. The third-order valence-electron chi connectivity index (χ3n) is 2.67. The molecule has 0 amide bonds. The van der Waals surface area contributed by atoms with Crippen LogP contribution in [0.2, 0.25) is 0 Å². The van der Waals surface area contributed by atoms with E-state index >= 15 is 0 Å². The van der Waals surface area contributed by atoms with Crippen molar-refractivity contribution >= 4 is 12.2 Å². The molecule has 2 rings (SSSR count). The fraction of sp³-hybridized carbons (Fsp3) is 0.333. The van der Waals surface area contributed by atoms with Crippen molar-refractivity contribution in [2.45, 2.75) is 19.9 Å². The lowest BCUT2D eigenvalue weighted by atomic mass is 10.1. The zero-order chi connectivity index (χ0) is 12.3. The van der Waals surface area contributed by atoms with E-state index in [0.717, 1.165) is 24.5 Å². The van der Waals surface area contributed by atoms with E-state index in [1.165, 1.54) is 5.56 Å². The predicted molar refractivity (Wildman–Crippen MR) is 68.9 cm³/mol. The number of hydrogen-bond donors (Lipinski definition) is 1. The second-order valence-electron chi connectivity index (χ2n) is 3.71. The second-order valence-corrected chi connectivity index (χ2v) is 4.10. The van der Waals surface area contributed by atoms with Gasteiger partial charge in [-0.2, -0.15) is 5.10 Å². The van der Waals surface area contributed by atoms with E-state index in [1.54, 1.807) is 7.11 Å². The average molecular weight is 249 g/mol. The summed E-state index contributed by atoms with van der Waals surface area (Å²) in [5.74, 6) is 1.82. The maximum atomic E-state index is 5.15. The molecule has 0 saturated heterocycles. The quantitative estimate of drug-likeness (QED) is 0.847. The first-order valence-corrected chi connectivity index (χ1v) is 5.92. The number of ether oxygens (including phenoxy) is 1. The number of benzene rings is 1. The maximum Gasteiger partial charge on any atom is 0.195 e. The van der Waals surface area contributed by atoms with Gasteiger partial charge in [-0.3, -0.25) is 5.10 Å². The summed E-state index contributed by atoms with van der Waals surface area (Å²) in [6, 6.07) is 7.98. The molecule has 0 unspecified atom stereocenters. The molecular weight excluding hydrogens is 234 g/mol. The minimum Gasteiger partial charge on any atom is -0.497 e. The Labute approximate surface area is 105 Å². The van der Waals surface area contributed by atoms with Crippen molar-refractivity contribution in [1.29, 1.82) is 0 Å². The number of rotatable bonds is 4. The van der Waals surface area contributed by atoms with Crippen LogP contribution in [0.15, 0.2) is 24.3 Å². The van der Waals surface area contributed by atoms with E-state index in [1.807, 2.05) is 28.8 Å². The number of methoxy groups -OCH3 is 1. The lowest BCUT2D eigenvalue weighted by Gasteiger charge is -2.04. The molecule has 4 nitrogen and oxygen atoms in total. The minimum absolute atomic E-state index is 0.677. The van der Waals surface area contributed by atoms with Crippen LogP contribution in [0.1, 0.15) is 18.3 Å². The van der Waals surface area contributed by atoms with Crippen molar-refractivity contribution in [3.8, 4) is 5.75 Å². The summed E-state index contributed by atoms with van der Waals surface area (Å²) in [6.07, 6.45) is 0.769. The summed E-state index contributed by atoms with van der Waals surface area (Å²) in [5.41, 5.74) is 1.19. The van der Waals surface area contributed by atoms with Gasteiger partial charge in [0, 0.05) is 13.0 Å². The monoisotopic (exact) mass is 249 g/mol. The highest BCUT2D eigenvalue weighted by Gasteiger charge is 2.05. The predicted octanol–water partition coefficient (Wildman–Crippen LogP) is 2.56. The number of hydrogen-bond acceptors (Lipinski definition) is 3. The van der Waals surface area contributed by atoms with E-state index in [0.29, 0.717) is 4.77 Å². The van der Waals surface area contributed by atoms with Gasteiger partial charge in [-0.1, -0.05) is 12.1 Å². The van der Waals surface area contributed by atoms with Gasteiger partial charge < -0.3 is 9.30 Å². The fourth-order valence-electron chi connectivity index (χ4n) is 1.74. The van der Waals surface area contributed by atoms with Crippen molar-refractivity contribution in [3.05, 3.63) is 40.4 Å². The Morgan fingerprint density at radius 2 is 2.06 bits per heavy atom. The summed E-state index contributed by atoms with van der Waals surface area (Å²) in [7, 11) is 1.66. The molecule has 0 bridgehead atoms. The fourth-order valence-corrected chi connectivity index (χ4v) is 2.02. The highest BCUT2D eigenvalue weighted by molar-refractivity contribution is 7.71. The van der Waals surface area contributed by atoms with Crippen LogP contribution in [0.4, 0.5) is 0 Å². The molecule has 0 saturated carbocycles. The van der Waals surface area contributed by atoms with Crippen LogP contribution in [0.3, 0.4) is 0 Å². The van der Waals surface area contributed by atoms with Crippen LogP contribution >= 0.6 is 12.2 Å². The number of nitrogens with zero attached hydrogens (tertiary/aromatic N) is 2. The molecule has 0 aliphatic rings. The van der Waals surface area contributed by atoms with Crippen molar-refractivity contribution in [2.24, 2.45) is 0 Å². The van der Waals surface area contributed by atoms with E-state index < -0.39 is 0 Å². The Balaban J connectivity index is 2.22. The van der Waals surface area contributed by atoms with E-state index in [4.69, 9.17) is 17.0 Å².